The van der Waals surface area contributed by atoms with Gasteiger partial charge in [-0.25, -0.2) is 9.97 Å². The fourth-order valence-electron chi connectivity index (χ4n) is 6.17. The van der Waals surface area contributed by atoms with Crippen LogP contribution >= 0.6 is 0 Å². The number of pyridine rings is 1. The summed E-state index contributed by atoms with van der Waals surface area (Å²) in [5, 5.41) is 2.33. The van der Waals surface area contributed by atoms with Crippen LogP contribution in [0.15, 0.2) is 176 Å². The fourth-order valence-corrected chi connectivity index (χ4v) is 6.17. The molecular weight excluding hydrogens is 558 g/mol. The first-order chi connectivity index (χ1) is 22.8. The molecule has 2 aromatic heterocycles. The Morgan fingerprint density at radius 1 is 0.326 bits per heavy atom. The molecule has 0 aliphatic carbocycles. The lowest BCUT2D eigenvalue weighted by Crippen LogP contribution is -1.97. The molecule has 8 rings (SSSR count). The van der Waals surface area contributed by atoms with E-state index >= 15 is 0 Å². The number of aromatic nitrogens is 3. The lowest BCUT2D eigenvalue weighted by Gasteiger charge is -2.15. The molecule has 0 radical (unpaired) electrons. The van der Waals surface area contributed by atoms with E-state index in [0.717, 1.165) is 55.7 Å². The average molecular weight is 588 g/mol. The molecule has 0 unspecified atom stereocenters. The molecule has 3 nitrogen and oxygen atoms in total. The third kappa shape index (κ3) is 5.25. The van der Waals surface area contributed by atoms with E-state index in [2.05, 4.69) is 138 Å². The average Bonchev–Trinajstić information content (AvgIpc) is 3.15. The van der Waals surface area contributed by atoms with E-state index in [0.29, 0.717) is 5.82 Å². The van der Waals surface area contributed by atoms with Gasteiger partial charge in [0.15, 0.2) is 5.82 Å². The Hall–Kier alpha value is -6.19. The van der Waals surface area contributed by atoms with Gasteiger partial charge in [-0.2, -0.15) is 0 Å². The Labute approximate surface area is 268 Å². The number of nitrogens with zero attached hydrogens (tertiary/aromatic N) is 3. The van der Waals surface area contributed by atoms with Crippen LogP contribution in [0.4, 0.5) is 0 Å². The van der Waals surface area contributed by atoms with Gasteiger partial charge in [-0.3, -0.25) is 4.98 Å². The van der Waals surface area contributed by atoms with Gasteiger partial charge < -0.3 is 0 Å². The fraction of sp³-hybridized carbons (Fsp3) is 0. The normalized spacial score (nSPS) is 11.0. The van der Waals surface area contributed by atoms with E-state index in [9.17, 15) is 0 Å². The van der Waals surface area contributed by atoms with Crippen LogP contribution in [-0.2, 0) is 0 Å². The van der Waals surface area contributed by atoms with Crippen LogP contribution in [0.2, 0.25) is 0 Å². The molecule has 0 atom stereocenters. The number of benzene rings is 6. The molecule has 8 aromatic rings. The first kappa shape index (κ1) is 27.4. The van der Waals surface area contributed by atoms with Crippen molar-refractivity contribution in [1.82, 2.24) is 15.0 Å². The summed E-state index contributed by atoms with van der Waals surface area (Å²) in [5.41, 5.74) is 11.8. The van der Waals surface area contributed by atoms with Crippen molar-refractivity contribution in [3.8, 4) is 67.3 Å². The molecule has 2 heterocycles. The van der Waals surface area contributed by atoms with E-state index in [-0.39, 0.29) is 0 Å². The second kappa shape index (κ2) is 12.1. The monoisotopic (exact) mass is 587 g/mol. The highest BCUT2D eigenvalue weighted by Crippen LogP contribution is 2.39. The molecule has 0 spiro atoms. The van der Waals surface area contributed by atoms with Gasteiger partial charge in [0.25, 0.3) is 0 Å². The highest BCUT2D eigenvalue weighted by Gasteiger charge is 2.16. The van der Waals surface area contributed by atoms with Gasteiger partial charge in [0.1, 0.15) is 0 Å². The second-order valence-corrected chi connectivity index (χ2v) is 11.3. The minimum atomic E-state index is 0.704. The van der Waals surface area contributed by atoms with Crippen molar-refractivity contribution in [3.63, 3.8) is 0 Å². The summed E-state index contributed by atoms with van der Waals surface area (Å²) in [5.74, 6) is 0.704. The minimum absolute atomic E-state index is 0.704. The Balaban J connectivity index is 1.29. The maximum atomic E-state index is 5.18. The standard InChI is InChI=1S/C43H29N3/c1-3-12-31(13-4-1)35-17-7-10-20-39(35)41-28-42(46-43(45-41)33-14-5-2-6-15-33)40-26-25-36(37-18-8-9-19-38(37)40)32-23-21-30(22-24-32)34-16-11-27-44-29-34/h1-29H. The lowest BCUT2D eigenvalue weighted by molar-refractivity contribution is 1.19. The summed E-state index contributed by atoms with van der Waals surface area (Å²) in [6.07, 6.45) is 3.70. The highest BCUT2D eigenvalue weighted by atomic mass is 14.9. The van der Waals surface area contributed by atoms with E-state index in [1.54, 1.807) is 6.20 Å². The summed E-state index contributed by atoms with van der Waals surface area (Å²) in [4.78, 5) is 14.6. The molecular formula is C43H29N3. The van der Waals surface area contributed by atoms with Crippen LogP contribution in [0.5, 0.6) is 0 Å². The largest absolute Gasteiger partial charge is 0.264 e. The third-order valence-corrected chi connectivity index (χ3v) is 8.44. The molecule has 0 bridgehead atoms. The predicted molar refractivity (Wildman–Crippen MR) is 190 cm³/mol. The SMILES string of the molecule is c1ccc(-c2nc(-c3ccccc3-c3ccccc3)cc(-c3ccc(-c4ccc(-c5cccnc5)cc4)c4ccccc34)n2)cc1. The van der Waals surface area contributed by atoms with Crippen molar-refractivity contribution in [2.45, 2.75) is 0 Å². The molecule has 6 aromatic carbocycles. The Morgan fingerprint density at radius 3 is 1.54 bits per heavy atom. The summed E-state index contributed by atoms with van der Waals surface area (Å²) in [7, 11) is 0. The first-order valence-electron chi connectivity index (χ1n) is 15.4. The molecule has 0 saturated carbocycles. The Kier molecular flexibility index (Phi) is 7.18. The number of hydrogen-bond donors (Lipinski definition) is 0. The molecule has 0 amide bonds. The zero-order valence-corrected chi connectivity index (χ0v) is 25.1. The summed E-state index contributed by atoms with van der Waals surface area (Å²) < 4.78 is 0. The van der Waals surface area contributed by atoms with Crippen molar-refractivity contribution in [3.05, 3.63) is 176 Å². The van der Waals surface area contributed by atoms with Crippen LogP contribution in [0.3, 0.4) is 0 Å². The Morgan fingerprint density at radius 2 is 0.848 bits per heavy atom. The number of rotatable bonds is 6. The maximum absolute atomic E-state index is 5.18. The van der Waals surface area contributed by atoms with Crippen molar-refractivity contribution in [1.29, 1.82) is 0 Å². The molecule has 46 heavy (non-hydrogen) atoms. The predicted octanol–water partition coefficient (Wildman–Crippen LogP) is 11.0. The minimum Gasteiger partial charge on any atom is -0.264 e. The van der Waals surface area contributed by atoms with Crippen LogP contribution < -0.4 is 0 Å². The molecule has 3 heteroatoms. The smallest absolute Gasteiger partial charge is 0.160 e. The molecule has 0 saturated heterocycles. The Bertz CT molecular complexity index is 2280. The lowest BCUT2D eigenvalue weighted by atomic mass is 9.92. The summed E-state index contributed by atoms with van der Waals surface area (Å²) >= 11 is 0. The molecule has 0 aliphatic rings. The topological polar surface area (TPSA) is 38.7 Å². The number of hydrogen-bond acceptors (Lipinski definition) is 3. The van der Waals surface area contributed by atoms with Gasteiger partial charge in [0, 0.05) is 29.1 Å². The van der Waals surface area contributed by atoms with Crippen molar-refractivity contribution in [2.24, 2.45) is 0 Å². The number of fused-ring (bicyclic) bond motifs is 1. The van der Waals surface area contributed by atoms with Crippen LogP contribution in [0, 0.1) is 0 Å². The third-order valence-electron chi connectivity index (χ3n) is 8.44. The zero-order chi connectivity index (χ0) is 30.7. The highest BCUT2D eigenvalue weighted by molar-refractivity contribution is 6.05. The first-order valence-corrected chi connectivity index (χ1v) is 15.4. The van der Waals surface area contributed by atoms with Crippen molar-refractivity contribution in [2.75, 3.05) is 0 Å². The summed E-state index contributed by atoms with van der Waals surface area (Å²) in [6.45, 7) is 0. The molecule has 216 valence electrons. The molecule has 0 fully saturated rings. The maximum Gasteiger partial charge on any atom is 0.160 e. The van der Waals surface area contributed by atoms with E-state index < -0.39 is 0 Å². The van der Waals surface area contributed by atoms with E-state index in [4.69, 9.17) is 9.97 Å². The summed E-state index contributed by atoms with van der Waals surface area (Å²) in [6, 6.07) is 57.2. The van der Waals surface area contributed by atoms with Crippen molar-refractivity contribution >= 4 is 10.8 Å². The molecule has 0 N–H and O–H groups in total. The zero-order valence-electron chi connectivity index (χ0n) is 25.1. The van der Waals surface area contributed by atoms with Gasteiger partial charge in [-0.15, -0.1) is 0 Å². The van der Waals surface area contributed by atoms with Gasteiger partial charge in [-0.1, -0.05) is 152 Å². The van der Waals surface area contributed by atoms with Crippen molar-refractivity contribution < 1.29 is 0 Å². The molecule has 0 aliphatic heterocycles. The van der Waals surface area contributed by atoms with E-state index in [1.807, 2.05) is 36.5 Å². The van der Waals surface area contributed by atoms with Crippen LogP contribution in [0.25, 0.3) is 78.1 Å². The van der Waals surface area contributed by atoms with Gasteiger partial charge in [0.2, 0.25) is 0 Å². The van der Waals surface area contributed by atoms with Crippen LogP contribution in [-0.4, -0.2) is 15.0 Å². The van der Waals surface area contributed by atoms with E-state index in [1.165, 1.54) is 16.5 Å². The van der Waals surface area contributed by atoms with Gasteiger partial charge >= 0.3 is 0 Å². The van der Waals surface area contributed by atoms with Gasteiger partial charge in [0.05, 0.1) is 11.4 Å². The van der Waals surface area contributed by atoms with Crippen LogP contribution in [0.1, 0.15) is 0 Å². The quantitative estimate of drug-likeness (QED) is 0.194. The second-order valence-electron chi connectivity index (χ2n) is 11.3. The van der Waals surface area contributed by atoms with Gasteiger partial charge in [-0.05, 0) is 56.3 Å².